The first-order valence-electron chi connectivity index (χ1n) is 7.71. The van der Waals surface area contributed by atoms with Crippen LogP contribution in [0.4, 0.5) is 5.69 Å². The number of carbonyl (C=O) groups is 2. The Morgan fingerprint density at radius 3 is 2.74 bits per heavy atom. The lowest BCUT2D eigenvalue weighted by molar-refractivity contribution is -0.116. The molecule has 1 atom stereocenters. The van der Waals surface area contributed by atoms with Crippen molar-refractivity contribution < 1.29 is 9.59 Å². The summed E-state index contributed by atoms with van der Waals surface area (Å²) in [5.41, 5.74) is 2.17. The Labute approximate surface area is 134 Å². The lowest BCUT2D eigenvalue weighted by atomic mass is 9.89. The number of amides is 1. The summed E-state index contributed by atoms with van der Waals surface area (Å²) in [6.45, 7) is 3.93. The summed E-state index contributed by atoms with van der Waals surface area (Å²) in [5.74, 6) is -0.762. The molecule has 5 nitrogen and oxygen atoms in total. The van der Waals surface area contributed by atoms with Crippen LogP contribution < -0.4 is 10.8 Å². The van der Waals surface area contributed by atoms with Gasteiger partial charge in [-0.1, -0.05) is 24.3 Å². The van der Waals surface area contributed by atoms with Crippen LogP contribution in [0.5, 0.6) is 0 Å². The van der Waals surface area contributed by atoms with Crippen LogP contribution in [0.3, 0.4) is 0 Å². The summed E-state index contributed by atoms with van der Waals surface area (Å²) in [6.07, 6.45) is 1.86. The lowest BCUT2D eigenvalue weighted by Crippen LogP contribution is -2.35. The Hall–Kier alpha value is -2.69. The summed E-state index contributed by atoms with van der Waals surface area (Å²) in [5, 5.41) is 2.82. The number of para-hydroxylation sites is 1. The minimum atomic E-state index is -0.492. The fraction of sp³-hybridized carbons (Fsp3) is 0.278. The summed E-state index contributed by atoms with van der Waals surface area (Å²) < 4.78 is 1.54. The molecule has 118 valence electrons. The van der Waals surface area contributed by atoms with Crippen molar-refractivity contribution in [3.63, 3.8) is 0 Å². The molecule has 0 aliphatic carbocycles. The van der Waals surface area contributed by atoms with Gasteiger partial charge in [0.05, 0.1) is 5.92 Å². The van der Waals surface area contributed by atoms with Gasteiger partial charge in [-0.3, -0.25) is 19.1 Å². The third kappa shape index (κ3) is 3.08. The highest BCUT2D eigenvalue weighted by atomic mass is 16.2. The van der Waals surface area contributed by atoms with Crippen molar-refractivity contribution in [3.8, 4) is 0 Å². The van der Waals surface area contributed by atoms with Gasteiger partial charge in [-0.15, -0.1) is 0 Å². The van der Waals surface area contributed by atoms with Gasteiger partial charge in [0.1, 0.15) is 5.49 Å². The molecule has 1 aliphatic rings. The van der Waals surface area contributed by atoms with Gasteiger partial charge < -0.3 is 5.32 Å². The molecule has 0 radical (unpaired) electrons. The fourth-order valence-corrected chi connectivity index (χ4v) is 2.79. The molecule has 0 bridgehead atoms. The number of benzene rings is 1. The molecular weight excluding hydrogens is 290 g/mol. The van der Waals surface area contributed by atoms with Gasteiger partial charge in [-0.05, 0) is 37.6 Å². The first-order valence-corrected chi connectivity index (χ1v) is 7.71. The van der Waals surface area contributed by atoms with Crippen LogP contribution in [-0.2, 0) is 4.79 Å². The second-order valence-electron chi connectivity index (χ2n) is 5.88. The Morgan fingerprint density at radius 2 is 1.96 bits per heavy atom. The molecule has 1 amide bonds. The monoisotopic (exact) mass is 309 g/mol. The van der Waals surface area contributed by atoms with Gasteiger partial charge in [0.2, 0.25) is 11.8 Å². The predicted octanol–water partition coefficient (Wildman–Crippen LogP) is 2.56. The predicted molar refractivity (Wildman–Crippen MR) is 88.2 cm³/mol. The number of nitrogens with one attached hydrogen (secondary N) is 1. The number of hydrogen-bond acceptors (Lipinski definition) is 3. The molecule has 2 aromatic rings. The zero-order valence-electron chi connectivity index (χ0n) is 13.2. The fourth-order valence-electron chi connectivity index (χ4n) is 2.79. The van der Waals surface area contributed by atoms with Crippen LogP contribution in [0.25, 0.3) is 0 Å². The first kappa shape index (κ1) is 15.2. The van der Waals surface area contributed by atoms with Gasteiger partial charge in [-0.25, -0.2) is 0 Å². The zero-order valence-corrected chi connectivity index (χ0v) is 13.2. The molecular formula is C18H19N3O2. The normalized spacial score (nSPS) is 17.8. The maximum Gasteiger partial charge on any atom is 0.240 e. The third-order valence-electron chi connectivity index (χ3n) is 3.76. The Kier molecular flexibility index (Phi) is 4.10. The minimum absolute atomic E-state index is 0.0818. The number of fused-ring (bicyclic) bond motifs is 1. The highest BCUT2D eigenvalue weighted by Gasteiger charge is 2.31. The van der Waals surface area contributed by atoms with Gasteiger partial charge >= 0.3 is 0 Å². The molecule has 23 heavy (non-hydrogen) atoms. The molecule has 1 aromatic heterocycles. The number of anilines is 1. The van der Waals surface area contributed by atoms with Crippen molar-refractivity contribution in [2.45, 2.75) is 32.2 Å². The zero-order chi connectivity index (χ0) is 16.4. The summed E-state index contributed by atoms with van der Waals surface area (Å²) in [7, 11) is 0. The maximum absolute atomic E-state index is 13.0. The van der Waals surface area contributed by atoms with E-state index < -0.39 is 5.92 Å². The quantitative estimate of drug-likeness (QED) is 0.926. The molecule has 3 rings (SSSR count). The van der Waals surface area contributed by atoms with Crippen molar-refractivity contribution in [2.24, 2.45) is 4.99 Å². The highest BCUT2D eigenvalue weighted by Crippen LogP contribution is 2.32. The summed E-state index contributed by atoms with van der Waals surface area (Å²) in [4.78, 5) is 29.5. The van der Waals surface area contributed by atoms with Crippen molar-refractivity contribution in [1.29, 1.82) is 0 Å². The maximum atomic E-state index is 13.0. The third-order valence-corrected chi connectivity index (χ3v) is 3.76. The molecule has 0 spiro atoms. The van der Waals surface area contributed by atoms with Crippen LogP contribution in [-0.4, -0.2) is 22.4 Å². The Morgan fingerprint density at radius 1 is 1.22 bits per heavy atom. The van der Waals surface area contributed by atoms with Crippen LogP contribution in [0.2, 0.25) is 0 Å². The number of carbonyl (C=O) groups excluding carboxylic acids is 2. The lowest BCUT2D eigenvalue weighted by Gasteiger charge is -2.25. The number of pyridine rings is 1. The molecule has 1 aromatic carbocycles. The Balaban J connectivity index is 2.07. The number of aromatic nitrogens is 1. The SMILES string of the molecule is CC(C)N=c1ccccn1C(=O)C1CC(=O)Nc2ccccc21. The molecule has 2 heterocycles. The van der Waals surface area contributed by atoms with Gasteiger partial charge in [0.15, 0.2) is 0 Å². The molecule has 1 unspecified atom stereocenters. The molecule has 0 fully saturated rings. The second kappa shape index (κ2) is 6.20. The van der Waals surface area contributed by atoms with Crippen molar-refractivity contribution in [2.75, 3.05) is 5.32 Å². The highest BCUT2D eigenvalue weighted by molar-refractivity contribution is 6.01. The van der Waals surface area contributed by atoms with Gasteiger partial charge in [-0.2, -0.15) is 0 Å². The van der Waals surface area contributed by atoms with E-state index in [9.17, 15) is 9.59 Å². The van der Waals surface area contributed by atoms with E-state index in [1.54, 1.807) is 16.8 Å². The van der Waals surface area contributed by atoms with E-state index in [1.165, 1.54) is 0 Å². The van der Waals surface area contributed by atoms with Crippen LogP contribution >= 0.6 is 0 Å². The average molecular weight is 309 g/mol. The van der Waals surface area contributed by atoms with E-state index in [1.807, 2.05) is 50.2 Å². The van der Waals surface area contributed by atoms with Crippen molar-refractivity contribution in [3.05, 3.63) is 59.7 Å². The van der Waals surface area contributed by atoms with E-state index in [2.05, 4.69) is 10.3 Å². The van der Waals surface area contributed by atoms with Gasteiger partial charge in [0.25, 0.3) is 0 Å². The second-order valence-corrected chi connectivity index (χ2v) is 5.88. The van der Waals surface area contributed by atoms with Crippen LogP contribution in [0.1, 0.15) is 36.5 Å². The summed E-state index contributed by atoms with van der Waals surface area (Å²) in [6, 6.07) is 13.0. The van der Waals surface area contributed by atoms with E-state index in [4.69, 9.17) is 0 Å². The topological polar surface area (TPSA) is 63.5 Å². The largest absolute Gasteiger partial charge is 0.326 e. The first-order chi connectivity index (χ1) is 11.1. The van der Waals surface area contributed by atoms with Crippen molar-refractivity contribution in [1.82, 2.24) is 4.57 Å². The molecule has 0 saturated heterocycles. The smallest absolute Gasteiger partial charge is 0.240 e. The standard InChI is InChI=1S/C18H19N3O2/c1-12(2)19-16-9-5-6-10-21(16)18(23)14-11-17(22)20-15-8-4-3-7-13(14)15/h3-10,12,14H,11H2,1-2H3,(H,20,22). The summed E-state index contributed by atoms with van der Waals surface area (Å²) >= 11 is 0. The average Bonchev–Trinajstić information content (AvgIpc) is 2.53. The molecule has 1 N–H and O–H groups in total. The van der Waals surface area contributed by atoms with Gasteiger partial charge in [0, 0.05) is 24.3 Å². The number of nitrogens with zero attached hydrogens (tertiary/aromatic N) is 2. The van der Waals surface area contributed by atoms with E-state index >= 15 is 0 Å². The number of rotatable bonds is 2. The van der Waals surface area contributed by atoms with E-state index in [0.717, 1.165) is 5.56 Å². The van der Waals surface area contributed by atoms with Crippen LogP contribution in [0.15, 0.2) is 53.7 Å². The minimum Gasteiger partial charge on any atom is -0.326 e. The molecule has 0 saturated carbocycles. The number of hydrogen-bond donors (Lipinski definition) is 1. The van der Waals surface area contributed by atoms with E-state index in [0.29, 0.717) is 11.2 Å². The Bertz CT molecular complexity index is 821. The van der Waals surface area contributed by atoms with Crippen LogP contribution in [0, 0.1) is 0 Å². The molecule has 1 aliphatic heterocycles. The van der Waals surface area contributed by atoms with E-state index in [-0.39, 0.29) is 24.3 Å². The van der Waals surface area contributed by atoms with Crippen molar-refractivity contribution >= 4 is 17.5 Å². The molecule has 5 heteroatoms.